The lowest BCUT2D eigenvalue weighted by Crippen LogP contribution is -2.26. The molecule has 1 aromatic heterocycles. The molecule has 5 heteroatoms. The highest BCUT2D eigenvalue weighted by Crippen LogP contribution is 2.20. The average Bonchev–Trinajstić information content (AvgIpc) is 3.21. The minimum absolute atomic E-state index is 0.0635. The number of aryl methyl sites for hydroxylation is 4. The smallest absolute Gasteiger partial charge is 0.224 e. The monoisotopic (exact) mass is 469 g/mol. The number of nitrogens with zero attached hydrogens (tertiary/aromatic N) is 2. The summed E-state index contributed by atoms with van der Waals surface area (Å²) in [6.45, 7) is 6.44. The number of carbonyl (C=O) groups is 1. The highest BCUT2D eigenvalue weighted by molar-refractivity contribution is 5.78. The van der Waals surface area contributed by atoms with Crippen LogP contribution in [0.3, 0.4) is 0 Å². The molecule has 0 aliphatic carbocycles. The van der Waals surface area contributed by atoms with Gasteiger partial charge in [0.25, 0.3) is 0 Å². The van der Waals surface area contributed by atoms with Crippen LogP contribution in [0.4, 0.5) is 0 Å². The molecule has 3 aromatic carbocycles. The van der Waals surface area contributed by atoms with Gasteiger partial charge in [-0.3, -0.25) is 4.79 Å². The summed E-state index contributed by atoms with van der Waals surface area (Å²) >= 11 is 0. The van der Waals surface area contributed by atoms with Crippen molar-refractivity contribution in [2.24, 2.45) is 0 Å². The average molecular weight is 470 g/mol. The number of benzene rings is 3. The van der Waals surface area contributed by atoms with Crippen LogP contribution in [0.2, 0.25) is 0 Å². The van der Waals surface area contributed by atoms with Gasteiger partial charge in [-0.2, -0.15) is 0 Å². The highest BCUT2D eigenvalue weighted by atomic mass is 16.5. The number of fused-ring (bicyclic) bond motifs is 1. The van der Waals surface area contributed by atoms with Crippen molar-refractivity contribution >= 4 is 16.9 Å². The predicted octanol–water partition coefficient (Wildman–Crippen LogP) is 5.80. The second kappa shape index (κ2) is 12.2. The first-order valence-corrected chi connectivity index (χ1v) is 12.5. The van der Waals surface area contributed by atoms with Crippen molar-refractivity contribution in [3.8, 4) is 5.75 Å². The van der Waals surface area contributed by atoms with Gasteiger partial charge in [0.05, 0.1) is 24.1 Å². The lowest BCUT2D eigenvalue weighted by Gasteiger charge is -2.12. The third-order valence-corrected chi connectivity index (χ3v) is 6.22. The van der Waals surface area contributed by atoms with Gasteiger partial charge in [-0.15, -0.1) is 0 Å². The summed E-state index contributed by atoms with van der Waals surface area (Å²) in [5.74, 6) is 2.13. The topological polar surface area (TPSA) is 56.1 Å². The van der Waals surface area contributed by atoms with Crippen LogP contribution in [-0.4, -0.2) is 28.6 Å². The molecular weight excluding hydrogens is 434 g/mol. The van der Waals surface area contributed by atoms with Gasteiger partial charge >= 0.3 is 0 Å². The molecule has 0 saturated carbocycles. The molecule has 5 nitrogen and oxygen atoms in total. The zero-order valence-corrected chi connectivity index (χ0v) is 20.8. The Hall–Kier alpha value is -3.60. The molecule has 0 radical (unpaired) electrons. The Morgan fingerprint density at radius 3 is 2.60 bits per heavy atom. The Kier molecular flexibility index (Phi) is 8.55. The number of para-hydroxylation sites is 2. The molecule has 1 N–H and O–H groups in total. The molecule has 0 spiro atoms. The second-order valence-corrected chi connectivity index (χ2v) is 9.11. The van der Waals surface area contributed by atoms with Crippen molar-refractivity contribution in [3.05, 3.63) is 95.3 Å². The molecule has 4 aromatic rings. The molecule has 1 amide bonds. The molecule has 0 aliphatic heterocycles. The standard InChI is InChI=1S/C30H35N3O2/c1-23-16-17-24(2)28(21-23)35-20-9-8-19-33-27-14-7-6-13-26(27)32-29(33)15-10-18-31-30(34)22-25-11-4-3-5-12-25/h3-7,11-14,16-17,21H,8-10,15,18-20,22H2,1-2H3,(H,31,34). The Morgan fingerprint density at radius 1 is 0.943 bits per heavy atom. The van der Waals surface area contributed by atoms with Crippen molar-refractivity contribution < 1.29 is 9.53 Å². The maximum atomic E-state index is 12.2. The van der Waals surface area contributed by atoms with E-state index >= 15 is 0 Å². The quantitative estimate of drug-likeness (QED) is 0.267. The van der Waals surface area contributed by atoms with E-state index in [4.69, 9.17) is 9.72 Å². The minimum Gasteiger partial charge on any atom is -0.493 e. The SMILES string of the molecule is Cc1ccc(C)c(OCCCCn2c(CCCNC(=O)Cc3ccccc3)nc3ccccc32)c1. The van der Waals surface area contributed by atoms with Gasteiger partial charge in [0.2, 0.25) is 5.91 Å². The van der Waals surface area contributed by atoms with Crippen molar-refractivity contribution in [1.29, 1.82) is 0 Å². The molecule has 0 aliphatic rings. The van der Waals surface area contributed by atoms with Crippen molar-refractivity contribution in [2.75, 3.05) is 13.2 Å². The molecule has 0 saturated heterocycles. The Labute approximate surface area is 208 Å². The number of ether oxygens (including phenoxy) is 1. The zero-order chi connectivity index (χ0) is 24.5. The zero-order valence-electron chi connectivity index (χ0n) is 20.8. The lowest BCUT2D eigenvalue weighted by molar-refractivity contribution is -0.120. The Balaban J connectivity index is 1.27. The van der Waals surface area contributed by atoms with E-state index in [1.165, 1.54) is 16.6 Å². The van der Waals surface area contributed by atoms with E-state index in [1.807, 2.05) is 36.4 Å². The molecule has 1 heterocycles. The summed E-state index contributed by atoms with van der Waals surface area (Å²) in [6.07, 6.45) is 4.11. The van der Waals surface area contributed by atoms with E-state index in [0.29, 0.717) is 19.6 Å². The van der Waals surface area contributed by atoms with Crippen LogP contribution < -0.4 is 10.1 Å². The normalized spacial score (nSPS) is 11.0. The molecule has 35 heavy (non-hydrogen) atoms. The number of imidazole rings is 1. The highest BCUT2D eigenvalue weighted by Gasteiger charge is 2.11. The molecular formula is C30H35N3O2. The fourth-order valence-electron chi connectivity index (χ4n) is 4.30. The van der Waals surface area contributed by atoms with Gasteiger partial charge in [0, 0.05) is 19.5 Å². The molecule has 0 bridgehead atoms. The second-order valence-electron chi connectivity index (χ2n) is 9.11. The van der Waals surface area contributed by atoms with Gasteiger partial charge < -0.3 is 14.6 Å². The number of hydrogen-bond donors (Lipinski definition) is 1. The van der Waals surface area contributed by atoms with Gasteiger partial charge in [0.15, 0.2) is 0 Å². The molecule has 0 fully saturated rings. The first kappa shape index (κ1) is 24.5. The maximum absolute atomic E-state index is 12.2. The van der Waals surface area contributed by atoms with E-state index in [2.05, 4.69) is 60.1 Å². The van der Waals surface area contributed by atoms with Crippen molar-refractivity contribution in [2.45, 2.75) is 52.5 Å². The van der Waals surface area contributed by atoms with Crippen LogP contribution in [0.25, 0.3) is 11.0 Å². The van der Waals surface area contributed by atoms with Crippen LogP contribution in [0.15, 0.2) is 72.8 Å². The van der Waals surface area contributed by atoms with Crippen LogP contribution >= 0.6 is 0 Å². The van der Waals surface area contributed by atoms with E-state index in [1.54, 1.807) is 0 Å². The number of hydrogen-bond acceptors (Lipinski definition) is 3. The van der Waals surface area contributed by atoms with Gasteiger partial charge in [-0.1, -0.05) is 54.6 Å². The van der Waals surface area contributed by atoms with Crippen LogP contribution in [0.1, 0.15) is 41.8 Å². The van der Waals surface area contributed by atoms with Gasteiger partial charge in [-0.25, -0.2) is 4.98 Å². The number of amides is 1. The summed E-state index contributed by atoms with van der Waals surface area (Å²) in [7, 11) is 0. The fourth-order valence-corrected chi connectivity index (χ4v) is 4.30. The number of rotatable bonds is 12. The number of carbonyl (C=O) groups excluding carboxylic acids is 1. The summed E-state index contributed by atoms with van der Waals surface area (Å²) < 4.78 is 8.37. The minimum atomic E-state index is 0.0635. The lowest BCUT2D eigenvalue weighted by atomic mass is 10.1. The maximum Gasteiger partial charge on any atom is 0.224 e. The molecule has 4 rings (SSSR count). The summed E-state index contributed by atoms with van der Waals surface area (Å²) in [6, 6.07) is 24.5. The van der Waals surface area contributed by atoms with Crippen molar-refractivity contribution in [3.63, 3.8) is 0 Å². The first-order chi connectivity index (χ1) is 17.1. The Bertz CT molecular complexity index is 1250. The van der Waals surface area contributed by atoms with Gasteiger partial charge in [-0.05, 0) is 68.0 Å². The van der Waals surface area contributed by atoms with E-state index in [-0.39, 0.29) is 5.91 Å². The Morgan fingerprint density at radius 2 is 1.74 bits per heavy atom. The predicted molar refractivity (Wildman–Crippen MR) is 142 cm³/mol. The molecule has 0 unspecified atom stereocenters. The van der Waals surface area contributed by atoms with E-state index < -0.39 is 0 Å². The van der Waals surface area contributed by atoms with E-state index in [0.717, 1.165) is 54.9 Å². The largest absolute Gasteiger partial charge is 0.493 e. The molecule has 182 valence electrons. The third-order valence-electron chi connectivity index (χ3n) is 6.22. The number of nitrogens with one attached hydrogen (secondary N) is 1. The van der Waals surface area contributed by atoms with Crippen LogP contribution in [0.5, 0.6) is 5.75 Å². The summed E-state index contributed by atoms with van der Waals surface area (Å²) in [4.78, 5) is 17.1. The molecule has 0 atom stereocenters. The third kappa shape index (κ3) is 6.95. The summed E-state index contributed by atoms with van der Waals surface area (Å²) in [5.41, 5.74) is 5.63. The summed E-state index contributed by atoms with van der Waals surface area (Å²) in [5, 5.41) is 3.05. The van der Waals surface area contributed by atoms with Crippen LogP contribution in [-0.2, 0) is 24.2 Å². The number of aromatic nitrogens is 2. The fraction of sp³-hybridized carbons (Fsp3) is 0.333. The number of unbranched alkanes of at least 4 members (excludes halogenated alkanes) is 1. The van der Waals surface area contributed by atoms with Gasteiger partial charge in [0.1, 0.15) is 11.6 Å². The first-order valence-electron chi connectivity index (χ1n) is 12.5. The van der Waals surface area contributed by atoms with E-state index in [9.17, 15) is 4.79 Å². The van der Waals surface area contributed by atoms with Crippen LogP contribution in [0, 0.1) is 13.8 Å². The van der Waals surface area contributed by atoms with Crippen molar-refractivity contribution in [1.82, 2.24) is 14.9 Å².